The summed E-state index contributed by atoms with van der Waals surface area (Å²) in [5.41, 5.74) is 1.98. The van der Waals surface area contributed by atoms with Crippen LogP contribution in [0.3, 0.4) is 0 Å². The second kappa shape index (κ2) is 13.5. The average molecular weight is 734 g/mol. The molecule has 0 bridgehead atoms. The van der Waals surface area contributed by atoms with Gasteiger partial charge in [-0.1, -0.05) is 65.0 Å². The molecule has 0 atom stereocenters. The molecule has 0 N–H and O–H groups in total. The van der Waals surface area contributed by atoms with Crippen molar-refractivity contribution in [2.75, 3.05) is 0 Å². The number of pyridine rings is 3. The second-order valence-corrected chi connectivity index (χ2v) is 8.97. The minimum atomic E-state index is -2.71. The molecule has 0 aliphatic carbocycles. The van der Waals surface area contributed by atoms with Crippen LogP contribution in [0.5, 0.6) is 0 Å². The number of furan rings is 1. The van der Waals surface area contributed by atoms with E-state index in [0.29, 0.717) is 10.8 Å². The van der Waals surface area contributed by atoms with Gasteiger partial charge in [0.1, 0.15) is 0 Å². The van der Waals surface area contributed by atoms with Gasteiger partial charge in [0.2, 0.25) is 5.71 Å². The van der Waals surface area contributed by atoms with E-state index in [1.54, 1.807) is 42.6 Å². The number of hydrogen-bond donors (Lipinski definition) is 0. The van der Waals surface area contributed by atoms with E-state index in [9.17, 15) is 0 Å². The number of hydrogen-bond acceptors (Lipinski definition) is 4. The van der Waals surface area contributed by atoms with Crippen molar-refractivity contribution in [3.8, 4) is 22.5 Å². The molecule has 7 aromatic rings. The fourth-order valence-corrected chi connectivity index (χ4v) is 4.21. The summed E-state index contributed by atoms with van der Waals surface area (Å²) in [7, 11) is 0. The Hall–Kier alpha value is -4.44. The fourth-order valence-electron chi connectivity index (χ4n) is 4.21. The molecule has 0 amide bonds. The van der Waals surface area contributed by atoms with E-state index in [-0.39, 0.29) is 65.0 Å². The van der Waals surface area contributed by atoms with Gasteiger partial charge in [-0.05, 0) is 67.2 Å². The van der Waals surface area contributed by atoms with Gasteiger partial charge in [0.05, 0.1) is 5.58 Å². The van der Waals surface area contributed by atoms with E-state index in [1.807, 2.05) is 42.5 Å². The number of nitrogens with zero attached hydrogens (tertiary/aromatic N) is 3. The summed E-state index contributed by atoms with van der Waals surface area (Å²) in [6.07, 6.45) is -2.11. The summed E-state index contributed by atoms with van der Waals surface area (Å²) in [5.74, 6) is 0. The first-order chi connectivity index (χ1) is 24.1. The van der Waals surface area contributed by atoms with E-state index < -0.39 is 26.4 Å². The molecule has 0 aliphatic rings. The first-order valence-corrected chi connectivity index (χ1v) is 12.8. The molecule has 0 aliphatic heterocycles. The van der Waals surface area contributed by atoms with Crippen molar-refractivity contribution in [2.24, 2.45) is 0 Å². The smallest absolute Gasteiger partial charge is 0.216 e. The molecule has 4 nitrogen and oxygen atoms in total. The zero-order chi connectivity index (χ0) is 36.6. The number of aromatic nitrogens is 3. The van der Waals surface area contributed by atoms with Gasteiger partial charge in [0, 0.05) is 57.3 Å². The van der Waals surface area contributed by atoms with Gasteiger partial charge in [-0.2, -0.15) is 0 Å². The molecule has 1 radical (unpaired) electrons. The maximum absolute atomic E-state index is 8.62. The van der Waals surface area contributed by atoms with Crippen LogP contribution in [-0.2, 0) is 32.9 Å². The molecule has 3 aromatic carbocycles. The molecule has 0 fully saturated rings. The van der Waals surface area contributed by atoms with Crippen molar-refractivity contribution in [2.45, 2.75) is 26.4 Å². The standard InChI is InChI=1S/C26H21N2O.C11H8N.Ir/c1-17-15-24(27-16-18(17)2)23-10-6-9-21-22-14-13-20(28-26(22)29-25(21)23)12-11-19-7-4-3-5-8-19;1-2-6-10(7-3-1)11-8-4-5-9-12-11;/h3-9,13-16H,11-12H2,1-2H3;1-6,8-9H;/q2*-1;/i1D3,2D3,11D2,12D2;;. The molecule has 7 rings (SSSR count). The first-order valence-electron chi connectivity index (χ1n) is 17.8. The van der Waals surface area contributed by atoms with Crippen LogP contribution in [0.4, 0.5) is 0 Å². The van der Waals surface area contributed by atoms with Crippen LogP contribution in [0.25, 0.3) is 44.6 Å². The third-order valence-corrected chi connectivity index (χ3v) is 6.22. The number of rotatable bonds is 5. The summed E-state index contributed by atoms with van der Waals surface area (Å²) in [6.45, 7) is -5.38. The zero-order valence-corrected chi connectivity index (χ0v) is 24.4. The molecule has 4 aromatic heterocycles. The predicted molar refractivity (Wildman–Crippen MR) is 165 cm³/mol. The zero-order valence-electron chi connectivity index (χ0n) is 32.1. The van der Waals surface area contributed by atoms with Crippen LogP contribution < -0.4 is 0 Å². The van der Waals surface area contributed by atoms with Crippen molar-refractivity contribution in [3.05, 3.63) is 150 Å². The maximum atomic E-state index is 8.62. The van der Waals surface area contributed by atoms with E-state index in [1.165, 1.54) is 24.3 Å². The van der Waals surface area contributed by atoms with Gasteiger partial charge < -0.3 is 14.4 Å². The molecule has 209 valence electrons. The van der Waals surface area contributed by atoms with Crippen LogP contribution in [-0.4, -0.2) is 15.0 Å². The van der Waals surface area contributed by atoms with E-state index in [2.05, 4.69) is 27.1 Å². The monoisotopic (exact) mass is 734 g/mol. The maximum Gasteiger partial charge on any atom is 0.216 e. The van der Waals surface area contributed by atoms with Crippen LogP contribution >= 0.6 is 0 Å². The average Bonchev–Trinajstić information content (AvgIpc) is 3.50. The Bertz CT molecular complexity index is 2260. The topological polar surface area (TPSA) is 51.8 Å². The van der Waals surface area contributed by atoms with Gasteiger partial charge >= 0.3 is 0 Å². The Kier molecular flexibility index (Phi) is 6.06. The normalized spacial score (nSPS) is 15.4. The number of aryl methyl sites for hydroxylation is 4. The summed E-state index contributed by atoms with van der Waals surface area (Å²) in [6, 6.07) is 35.3. The Morgan fingerprint density at radius 3 is 2.40 bits per heavy atom. The minimum absolute atomic E-state index is 0. The third-order valence-electron chi connectivity index (χ3n) is 6.22. The Morgan fingerprint density at radius 2 is 1.62 bits per heavy atom. The van der Waals surface area contributed by atoms with Crippen LogP contribution in [0.15, 0.2) is 120 Å². The van der Waals surface area contributed by atoms with Crippen molar-refractivity contribution < 1.29 is 38.2 Å². The first kappa shape index (κ1) is 18.9. The van der Waals surface area contributed by atoms with Crippen LogP contribution in [0.2, 0.25) is 0 Å². The SMILES string of the molecule is [2H]C([2H])([2H])c1cnc(-c2[c-]ccc3c2oc2nc(C([2H])([2H])C([2H])([2H])c4ccccc4)ccc23)cc1C([2H])([2H])[2H].[Ir].[c-]1ccccc1-c1ccccn1. The summed E-state index contributed by atoms with van der Waals surface area (Å²) in [4.78, 5) is 12.8. The molecule has 4 heterocycles. The second-order valence-electron chi connectivity index (χ2n) is 8.97. The summed E-state index contributed by atoms with van der Waals surface area (Å²) < 4.78 is 86.9. The molecule has 0 saturated heterocycles. The molecular formula is C37H29IrN3O-2. The largest absolute Gasteiger partial charge is 0.486 e. The van der Waals surface area contributed by atoms with Gasteiger partial charge in [0.15, 0.2) is 0 Å². The predicted octanol–water partition coefficient (Wildman–Crippen LogP) is 8.79. The van der Waals surface area contributed by atoms with E-state index >= 15 is 0 Å². The van der Waals surface area contributed by atoms with Gasteiger partial charge in [-0.15, -0.1) is 54.1 Å². The molecule has 0 spiro atoms. The Labute approximate surface area is 273 Å². The number of fused-ring (bicyclic) bond motifs is 3. The van der Waals surface area contributed by atoms with Crippen molar-refractivity contribution in [3.63, 3.8) is 0 Å². The molecule has 0 saturated carbocycles. The summed E-state index contributed by atoms with van der Waals surface area (Å²) in [5, 5.41) is 1.09. The third kappa shape index (κ3) is 6.54. The van der Waals surface area contributed by atoms with Crippen molar-refractivity contribution >= 4 is 22.1 Å². The number of benzene rings is 3. The van der Waals surface area contributed by atoms with Gasteiger partial charge in [-0.25, -0.2) is 4.98 Å². The minimum Gasteiger partial charge on any atom is -0.486 e. The van der Waals surface area contributed by atoms with Gasteiger partial charge in [0.25, 0.3) is 0 Å². The molecular weight excluding hydrogens is 695 g/mol. The summed E-state index contributed by atoms with van der Waals surface area (Å²) >= 11 is 0. The molecule has 5 heteroatoms. The Morgan fingerprint density at radius 1 is 0.762 bits per heavy atom. The molecule has 42 heavy (non-hydrogen) atoms. The Balaban J connectivity index is 0.000000339. The molecule has 0 unspecified atom stereocenters. The van der Waals surface area contributed by atoms with Crippen molar-refractivity contribution in [1.82, 2.24) is 15.0 Å². The van der Waals surface area contributed by atoms with Crippen LogP contribution in [0, 0.1) is 25.8 Å². The van der Waals surface area contributed by atoms with Crippen molar-refractivity contribution in [1.29, 1.82) is 0 Å². The van der Waals surface area contributed by atoms with E-state index in [4.69, 9.17) is 18.1 Å². The van der Waals surface area contributed by atoms with Gasteiger partial charge in [-0.3, -0.25) is 0 Å². The van der Waals surface area contributed by atoms with Crippen LogP contribution in [0.1, 0.15) is 36.1 Å². The van der Waals surface area contributed by atoms with E-state index in [0.717, 1.165) is 17.5 Å². The quantitative estimate of drug-likeness (QED) is 0.166. The fraction of sp³-hybridized carbons (Fsp3) is 0.108.